The Kier molecular flexibility index (Phi) is 3.19. The number of pyridine rings is 1. The maximum Gasteiger partial charge on any atom is 0.137 e. The predicted octanol–water partition coefficient (Wildman–Crippen LogP) is 3.77. The molecule has 0 saturated heterocycles. The number of aromatic nitrogens is 2. The van der Waals surface area contributed by atoms with E-state index in [4.69, 9.17) is 28.9 Å². The summed E-state index contributed by atoms with van der Waals surface area (Å²) in [5.41, 5.74) is 9.13. The Morgan fingerprint density at radius 1 is 1.16 bits per heavy atom. The lowest BCUT2D eigenvalue weighted by Gasteiger charge is -2.00. The van der Waals surface area contributed by atoms with Crippen LogP contribution in [-0.2, 0) is 6.54 Å². The molecule has 0 saturated carbocycles. The minimum atomic E-state index is 0.497. The molecule has 96 valence electrons. The number of rotatable bonds is 2. The Balaban J connectivity index is 2.17. The highest BCUT2D eigenvalue weighted by atomic mass is 35.5. The van der Waals surface area contributed by atoms with E-state index in [1.165, 1.54) is 0 Å². The van der Waals surface area contributed by atoms with Crippen molar-refractivity contribution in [2.75, 3.05) is 0 Å². The number of fused-ring (bicyclic) bond motifs is 1. The smallest absolute Gasteiger partial charge is 0.137 e. The molecular weight excluding hydrogens is 281 g/mol. The van der Waals surface area contributed by atoms with Crippen LogP contribution < -0.4 is 5.73 Å². The summed E-state index contributed by atoms with van der Waals surface area (Å²) in [6, 6.07) is 9.28. The first-order valence-electron chi connectivity index (χ1n) is 5.80. The van der Waals surface area contributed by atoms with Gasteiger partial charge in [-0.1, -0.05) is 23.2 Å². The van der Waals surface area contributed by atoms with Gasteiger partial charge in [-0.3, -0.25) is 0 Å². The van der Waals surface area contributed by atoms with E-state index in [0.29, 0.717) is 16.6 Å². The van der Waals surface area contributed by atoms with Gasteiger partial charge in [0.2, 0.25) is 0 Å². The third kappa shape index (κ3) is 2.32. The molecule has 0 spiro atoms. The van der Waals surface area contributed by atoms with E-state index in [9.17, 15) is 0 Å². The zero-order valence-electron chi connectivity index (χ0n) is 9.98. The lowest BCUT2D eigenvalue weighted by molar-refractivity contribution is 1.05. The first kappa shape index (κ1) is 12.5. The largest absolute Gasteiger partial charge is 0.326 e. The summed E-state index contributed by atoms with van der Waals surface area (Å²) in [6.07, 6.45) is 3.86. The van der Waals surface area contributed by atoms with E-state index < -0.39 is 0 Å². The first-order valence-corrected chi connectivity index (χ1v) is 6.56. The molecule has 0 atom stereocenters. The fraction of sp³-hybridized carbons (Fsp3) is 0.0714. The van der Waals surface area contributed by atoms with Crippen molar-refractivity contribution in [3.05, 3.63) is 58.3 Å². The van der Waals surface area contributed by atoms with Gasteiger partial charge in [0.05, 0.1) is 10.7 Å². The minimum Gasteiger partial charge on any atom is -0.326 e. The molecule has 0 aliphatic rings. The van der Waals surface area contributed by atoms with Crippen molar-refractivity contribution in [1.82, 2.24) is 9.38 Å². The van der Waals surface area contributed by atoms with Crippen molar-refractivity contribution in [2.24, 2.45) is 5.73 Å². The Hall–Kier alpha value is -1.55. The average molecular weight is 292 g/mol. The summed E-state index contributed by atoms with van der Waals surface area (Å²) in [5, 5.41) is 1.27. The molecule has 0 aliphatic heterocycles. The fourth-order valence-corrected chi connectivity index (χ4v) is 2.36. The zero-order chi connectivity index (χ0) is 13.4. The van der Waals surface area contributed by atoms with Gasteiger partial charge in [-0.2, -0.15) is 0 Å². The standard InChI is InChI=1S/C14H11Cl2N3/c15-10-1-2-12(16)11(6-10)13-8-19-4-3-9(7-17)5-14(19)18-13/h1-6,8H,7,17H2. The first-order chi connectivity index (χ1) is 9.17. The molecule has 2 heterocycles. The Bertz CT molecular complexity index is 750. The van der Waals surface area contributed by atoms with Gasteiger partial charge in [-0.15, -0.1) is 0 Å². The third-order valence-corrected chi connectivity index (χ3v) is 3.53. The number of nitrogens with two attached hydrogens (primary N) is 1. The van der Waals surface area contributed by atoms with Crippen LogP contribution in [0, 0.1) is 0 Å². The van der Waals surface area contributed by atoms with Crippen LogP contribution in [0.25, 0.3) is 16.9 Å². The van der Waals surface area contributed by atoms with E-state index >= 15 is 0 Å². The molecule has 3 nitrogen and oxygen atoms in total. The van der Waals surface area contributed by atoms with E-state index in [1.807, 2.05) is 35.0 Å². The molecule has 2 aromatic heterocycles. The van der Waals surface area contributed by atoms with Crippen LogP contribution in [0.3, 0.4) is 0 Å². The zero-order valence-corrected chi connectivity index (χ0v) is 11.5. The number of hydrogen-bond acceptors (Lipinski definition) is 2. The van der Waals surface area contributed by atoms with Crippen molar-refractivity contribution >= 4 is 28.8 Å². The van der Waals surface area contributed by atoms with Gasteiger partial charge in [-0.05, 0) is 35.9 Å². The molecule has 5 heteroatoms. The summed E-state index contributed by atoms with van der Waals surface area (Å²) in [4.78, 5) is 4.56. The summed E-state index contributed by atoms with van der Waals surface area (Å²) >= 11 is 12.2. The highest BCUT2D eigenvalue weighted by Gasteiger charge is 2.09. The predicted molar refractivity (Wildman–Crippen MR) is 78.5 cm³/mol. The molecule has 0 radical (unpaired) electrons. The topological polar surface area (TPSA) is 43.3 Å². The molecule has 2 N–H and O–H groups in total. The van der Waals surface area contributed by atoms with Gasteiger partial charge in [0.15, 0.2) is 0 Å². The van der Waals surface area contributed by atoms with Crippen LogP contribution in [0.4, 0.5) is 0 Å². The molecule has 0 aliphatic carbocycles. The molecule has 19 heavy (non-hydrogen) atoms. The SMILES string of the molecule is NCc1ccn2cc(-c3cc(Cl)ccc3Cl)nc2c1. The lowest BCUT2D eigenvalue weighted by atomic mass is 10.2. The van der Waals surface area contributed by atoms with Crippen LogP contribution in [0.1, 0.15) is 5.56 Å². The summed E-state index contributed by atoms with van der Waals surface area (Å²) in [5.74, 6) is 0. The number of benzene rings is 1. The van der Waals surface area contributed by atoms with Crippen LogP contribution in [0.2, 0.25) is 10.0 Å². The maximum absolute atomic E-state index is 6.19. The normalized spacial score (nSPS) is 11.1. The Labute approximate surface area is 120 Å². The number of imidazole rings is 1. The Morgan fingerprint density at radius 3 is 2.79 bits per heavy atom. The van der Waals surface area contributed by atoms with Crippen molar-refractivity contribution < 1.29 is 0 Å². The van der Waals surface area contributed by atoms with E-state index in [-0.39, 0.29) is 0 Å². The highest BCUT2D eigenvalue weighted by Crippen LogP contribution is 2.30. The second-order valence-corrected chi connectivity index (χ2v) is 5.10. The van der Waals surface area contributed by atoms with Crippen molar-refractivity contribution in [2.45, 2.75) is 6.54 Å². The highest BCUT2D eigenvalue weighted by molar-refractivity contribution is 6.35. The number of halogens is 2. The van der Waals surface area contributed by atoms with Crippen LogP contribution >= 0.6 is 23.2 Å². The van der Waals surface area contributed by atoms with Crippen LogP contribution in [0.15, 0.2) is 42.7 Å². The second-order valence-electron chi connectivity index (χ2n) is 4.25. The lowest BCUT2D eigenvalue weighted by Crippen LogP contribution is -1.96. The number of nitrogens with zero attached hydrogens (tertiary/aromatic N) is 2. The molecule has 0 unspecified atom stereocenters. The van der Waals surface area contributed by atoms with Crippen molar-refractivity contribution in [3.63, 3.8) is 0 Å². The second kappa shape index (κ2) is 4.85. The fourth-order valence-electron chi connectivity index (χ4n) is 1.97. The molecule has 1 aromatic carbocycles. The molecule has 3 rings (SSSR count). The summed E-state index contributed by atoms with van der Waals surface area (Å²) < 4.78 is 1.94. The quantitative estimate of drug-likeness (QED) is 0.781. The molecular formula is C14H11Cl2N3. The molecule has 0 amide bonds. The Morgan fingerprint density at radius 2 is 2.00 bits per heavy atom. The van der Waals surface area contributed by atoms with E-state index in [0.717, 1.165) is 22.5 Å². The van der Waals surface area contributed by atoms with Crippen molar-refractivity contribution in [1.29, 1.82) is 0 Å². The van der Waals surface area contributed by atoms with E-state index in [1.54, 1.807) is 12.1 Å². The summed E-state index contributed by atoms with van der Waals surface area (Å²) in [6.45, 7) is 0.497. The van der Waals surface area contributed by atoms with Gasteiger partial charge < -0.3 is 10.1 Å². The molecule has 3 aromatic rings. The van der Waals surface area contributed by atoms with Crippen molar-refractivity contribution in [3.8, 4) is 11.3 Å². The average Bonchev–Trinajstić information content (AvgIpc) is 2.83. The van der Waals surface area contributed by atoms with Gasteiger partial charge in [-0.25, -0.2) is 4.98 Å². The van der Waals surface area contributed by atoms with Crippen LogP contribution in [0.5, 0.6) is 0 Å². The van der Waals surface area contributed by atoms with Gasteiger partial charge in [0.1, 0.15) is 5.65 Å². The minimum absolute atomic E-state index is 0.497. The van der Waals surface area contributed by atoms with Gasteiger partial charge in [0, 0.05) is 29.5 Å². The molecule has 0 fully saturated rings. The van der Waals surface area contributed by atoms with Gasteiger partial charge >= 0.3 is 0 Å². The van der Waals surface area contributed by atoms with Gasteiger partial charge in [0.25, 0.3) is 0 Å². The maximum atomic E-state index is 6.19. The molecule has 0 bridgehead atoms. The van der Waals surface area contributed by atoms with E-state index in [2.05, 4.69) is 4.98 Å². The van der Waals surface area contributed by atoms with Crippen LogP contribution in [-0.4, -0.2) is 9.38 Å². The summed E-state index contributed by atoms with van der Waals surface area (Å²) in [7, 11) is 0. The monoisotopic (exact) mass is 291 g/mol. The third-order valence-electron chi connectivity index (χ3n) is 2.96. The number of hydrogen-bond donors (Lipinski definition) is 1.